The molecule has 0 aliphatic rings. The lowest BCUT2D eigenvalue weighted by molar-refractivity contribution is 0.102. The maximum atomic E-state index is 13.8. The quantitative estimate of drug-likeness (QED) is 0.580. The number of nitrogens with one attached hydrogen (secondary N) is 1. The molecule has 0 radical (unpaired) electrons. The van der Waals surface area contributed by atoms with E-state index in [1.54, 1.807) is 31.6 Å². The van der Waals surface area contributed by atoms with Gasteiger partial charge in [0, 0.05) is 18.1 Å². The molecule has 0 bridgehead atoms. The molecular weight excluding hydrogens is 371 g/mol. The van der Waals surface area contributed by atoms with Gasteiger partial charge in [-0.25, -0.2) is 9.07 Å². The van der Waals surface area contributed by atoms with Gasteiger partial charge >= 0.3 is 0 Å². The van der Waals surface area contributed by atoms with Crippen molar-refractivity contribution in [2.45, 2.75) is 13.8 Å². The van der Waals surface area contributed by atoms with E-state index in [1.165, 1.54) is 22.9 Å². The number of hydrogen-bond acceptors (Lipinski definition) is 3. The van der Waals surface area contributed by atoms with Crippen LogP contribution in [0, 0.1) is 19.7 Å². The number of aryl methyl sites for hydroxylation is 1. The van der Waals surface area contributed by atoms with Crippen molar-refractivity contribution in [3.63, 3.8) is 0 Å². The molecule has 4 aromatic rings. The van der Waals surface area contributed by atoms with E-state index >= 15 is 0 Å². The normalized spacial score (nSPS) is 11.0. The second kappa shape index (κ2) is 7.01. The third-order valence-electron chi connectivity index (χ3n) is 4.94. The second-order valence-corrected chi connectivity index (χ2v) is 6.86. The molecule has 0 saturated carbocycles. The number of benzene rings is 2. The average molecular weight is 390 g/mol. The topological polar surface area (TPSA) is 68.9 Å². The SMILES string of the molecule is Cc1cc(C(=O)Nc2c(C)n(C)n(-c3ccccc3)c2=O)c2cc(F)ccc2n1. The summed E-state index contributed by atoms with van der Waals surface area (Å²) in [6, 6.07) is 14.9. The number of aromatic nitrogens is 3. The lowest BCUT2D eigenvalue weighted by Crippen LogP contribution is -2.23. The molecule has 0 unspecified atom stereocenters. The Morgan fingerprint density at radius 2 is 1.79 bits per heavy atom. The second-order valence-electron chi connectivity index (χ2n) is 6.86. The first-order chi connectivity index (χ1) is 13.9. The van der Waals surface area contributed by atoms with E-state index in [9.17, 15) is 14.0 Å². The number of carbonyl (C=O) groups excluding carboxylic acids is 1. The van der Waals surface area contributed by atoms with Crippen LogP contribution in [0.4, 0.5) is 10.1 Å². The zero-order valence-corrected chi connectivity index (χ0v) is 16.2. The van der Waals surface area contributed by atoms with Crippen LogP contribution in [0.3, 0.4) is 0 Å². The summed E-state index contributed by atoms with van der Waals surface area (Å²) in [7, 11) is 1.75. The van der Waals surface area contributed by atoms with E-state index in [2.05, 4.69) is 10.3 Å². The van der Waals surface area contributed by atoms with E-state index in [0.29, 0.717) is 28.0 Å². The lowest BCUT2D eigenvalue weighted by atomic mass is 10.1. The number of fused-ring (bicyclic) bond motifs is 1. The van der Waals surface area contributed by atoms with Gasteiger partial charge in [-0.15, -0.1) is 0 Å². The lowest BCUT2D eigenvalue weighted by Gasteiger charge is -2.09. The highest BCUT2D eigenvalue weighted by Crippen LogP contribution is 2.22. The van der Waals surface area contributed by atoms with Crippen LogP contribution in [0.2, 0.25) is 0 Å². The molecule has 2 aromatic carbocycles. The van der Waals surface area contributed by atoms with Crippen molar-refractivity contribution in [3.8, 4) is 5.69 Å². The highest BCUT2D eigenvalue weighted by molar-refractivity contribution is 6.12. The maximum Gasteiger partial charge on any atom is 0.295 e. The molecule has 0 atom stereocenters. The van der Waals surface area contributed by atoms with Crippen LogP contribution < -0.4 is 10.9 Å². The highest BCUT2D eigenvalue weighted by atomic mass is 19.1. The number of carbonyl (C=O) groups is 1. The monoisotopic (exact) mass is 390 g/mol. The van der Waals surface area contributed by atoms with E-state index in [-0.39, 0.29) is 16.8 Å². The van der Waals surface area contributed by atoms with Gasteiger partial charge in [0.2, 0.25) is 0 Å². The Labute approximate surface area is 166 Å². The Balaban J connectivity index is 1.80. The molecule has 0 saturated heterocycles. The van der Waals surface area contributed by atoms with Crippen LogP contribution in [0.5, 0.6) is 0 Å². The molecule has 0 fully saturated rings. The molecule has 0 aliphatic carbocycles. The molecule has 6 nitrogen and oxygen atoms in total. The minimum atomic E-state index is -0.489. The first-order valence-corrected chi connectivity index (χ1v) is 9.09. The van der Waals surface area contributed by atoms with Crippen LogP contribution in [0.15, 0.2) is 59.4 Å². The summed E-state index contributed by atoms with van der Waals surface area (Å²) < 4.78 is 16.9. The van der Waals surface area contributed by atoms with Gasteiger partial charge in [0.15, 0.2) is 0 Å². The van der Waals surface area contributed by atoms with Crippen molar-refractivity contribution in [1.29, 1.82) is 0 Å². The van der Waals surface area contributed by atoms with Crippen molar-refractivity contribution >= 4 is 22.5 Å². The number of halogens is 1. The fourth-order valence-corrected chi connectivity index (χ4v) is 3.41. The molecule has 4 rings (SSSR count). The van der Waals surface area contributed by atoms with Gasteiger partial charge in [0.1, 0.15) is 11.5 Å². The average Bonchev–Trinajstić information content (AvgIpc) is 2.91. The zero-order chi connectivity index (χ0) is 20.7. The largest absolute Gasteiger partial charge is 0.316 e. The van der Waals surface area contributed by atoms with Crippen LogP contribution in [0.25, 0.3) is 16.6 Å². The zero-order valence-electron chi connectivity index (χ0n) is 16.2. The van der Waals surface area contributed by atoms with Gasteiger partial charge in [-0.2, -0.15) is 0 Å². The molecule has 7 heteroatoms. The number of anilines is 1. The van der Waals surface area contributed by atoms with Crippen LogP contribution in [-0.2, 0) is 7.05 Å². The molecule has 1 amide bonds. The molecular formula is C22H19FN4O2. The predicted molar refractivity (Wildman–Crippen MR) is 110 cm³/mol. The Morgan fingerprint density at radius 3 is 2.52 bits per heavy atom. The minimum absolute atomic E-state index is 0.181. The summed E-state index contributed by atoms with van der Waals surface area (Å²) in [5.74, 6) is -0.948. The first-order valence-electron chi connectivity index (χ1n) is 9.09. The standard InChI is InChI=1S/C22H19FN4O2/c1-13-11-18(17-12-15(23)9-10-19(17)24-13)21(28)25-20-14(2)26(3)27(22(20)29)16-7-5-4-6-8-16/h4-12H,1-3H3,(H,25,28). The van der Waals surface area contributed by atoms with Gasteiger partial charge in [0.05, 0.1) is 22.5 Å². The van der Waals surface area contributed by atoms with Gasteiger partial charge < -0.3 is 5.32 Å². The van der Waals surface area contributed by atoms with Crippen molar-refractivity contribution in [2.75, 3.05) is 5.32 Å². The van der Waals surface area contributed by atoms with Gasteiger partial charge in [-0.05, 0) is 50.2 Å². The summed E-state index contributed by atoms with van der Waals surface area (Å²) in [6.07, 6.45) is 0. The third kappa shape index (κ3) is 3.20. The molecule has 1 N–H and O–H groups in total. The highest BCUT2D eigenvalue weighted by Gasteiger charge is 2.20. The van der Waals surface area contributed by atoms with E-state index in [1.807, 2.05) is 30.3 Å². The van der Waals surface area contributed by atoms with Gasteiger partial charge in [-0.1, -0.05) is 18.2 Å². The molecule has 29 heavy (non-hydrogen) atoms. The Kier molecular flexibility index (Phi) is 4.50. The Hall–Kier alpha value is -3.74. The van der Waals surface area contributed by atoms with Gasteiger partial charge in [-0.3, -0.25) is 19.3 Å². The number of hydrogen-bond donors (Lipinski definition) is 1. The summed E-state index contributed by atoms with van der Waals surface area (Å²) >= 11 is 0. The summed E-state index contributed by atoms with van der Waals surface area (Å²) in [5.41, 5.74) is 2.54. The van der Waals surface area contributed by atoms with Crippen LogP contribution in [-0.4, -0.2) is 20.3 Å². The molecule has 146 valence electrons. The first kappa shape index (κ1) is 18.6. The van der Waals surface area contributed by atoms with Crippen molar-refractivity contribution in [3.05, 3.63) is 87.7 Å². The predicted octanol–water partition coefficient (Wildman–Crippen LogP) is 3.73. The fraction of sp³-hybridized carbons (Fsp3) is 0.136. The van der Waals surface area contributed by atoms with Gasteiger partial charge in [0.25, 0.3) is 11.5 Å². The number of amides is 1. The fourth-order valence-electron chi connectivity index (χ4n) is 3.41. The smallest absolute Gasteiger partial charge is 0.295 e. The number of rotatable bonds is 3. The van der Waals surface area contributed by atoms with E-state index in [0.717, 1.165) is 0 Å². The van der Waals surface area contributed by atoms with Crippen molar-refractivity contribution in [1.82, 2.24) is 14.3 Å². The van der Waals surface area contributed by atoms with Crippen LogP contribution >= 0.6 is 0 Å². The van der Waals surface area contributed by atoms with E-state index < -0.39 is 11.7 Å². The molecule has 0 aliphatic heterocycles. The molecule has 0 spiro atoms. The summed E-state index contributed by atoms with van der Waals surface area (Å²) in [4.78, 5) is 30.4. The Morgan fingerprint density at radius 1 is 1.07 bits per heavy atom. The summed E-state index contributed by atoms with van der Waals surface area (Å²) in [6.45, 7) is 3.52. The van der Waals surface area contributed by atoms with Crippen molar-refractivity contribution < 1.29 is 9.18 Å². The number of pyridine rings is 1. The number of nitrogens with zero attached hydrogens (tertiary/aromatic N) is 3. The molecule has 2 heterocycles. The Bertz CT molecular complexity index is 1310. The molecule has 2 aromatic heterocycles. The third-order valence-corrected chi connectivity index (χ3v) is 4.94. The maximum absolute atomic E-state index is 13.8. The van der Waals surface area contributed by atoms with E-state index in [4.69, 9.17) is 0 Å². The minimum Gasteiger partial charge on any atom is -0.316 e. The van der Waals surface area contributed by atoms with Crippen molar-refractivity contribution in [2.24, 2.45) is 7.05 Å². The number of para-hydroxylation sites is 1. The summed E-state index contributed by atoms with van der Waals surface area (Å²) in [5, 5.41) is 3.11. The van der Waals surface area contributed by atoms with Crippen LogP contribution in [0.1, 0.15) is 21.7 Å².